The van der Waals surface area contributed by atoms with Gasteiger partial charge in [-0.05, 0) is 127 Å². The summed E-state index contributed by atoms with van der Waals surface area (Å²) in [4.78, 5) is 13.6. The Balaban J connectivity index is 1.03. The van der Waals surface area contributed by atoms with Crippen LogP contribution in [0.2, 0.25) is 0 Å². The van der Waals surface area contributed by atoms with Gasteiger partial charge in [0.25, 0.3) is 0 Å². The van der Waals surface area contributed by atoms with Crippen molar-refractivity contribution in [1.82, 2.24) is 5.32 Å². The van der Waals surface area contributed by atoms with E-state index >= 15 is 0 Å². The Bertz CT molecular complexity index is 2030. The molecule has 9 nitrogen and oxygen atoms in total. The van der Waals surface area contributed by atoms with Gasteiger partial charge in [-0.15, -0.1) is 0 Å². The zero-order valence-electron chi connectivity index (χ0n) is 26.8. The van der Waals surface area contributed by atoms with Crippen LogP contribution >= 0.6 is 12.2 Å². The van der Waals surface area contributed by atoms with Crippen LogP contribution in [-0.4, -0.2) is 37.6 Å². The average molecular weight is 677 g/mol. The van der Waals surface area contributed by atoms with Crippen LogP contribution in [0.25, 0.3) is 0 Å². The smallest absolute Gasteiger partial charge is 0.340 e. The number of hydrogen-bond donors (Lipinski definition) is 6. The molecule has 0 bridgehead atoms. The van der Waals surface area contributed by atoms with E-state index < -0.39 is 11.6 Å². The predicted octanol–water partition coefficient (Wildman–Crippen LogP) is 7.07. The number of aromatic hydroxyl groups is 3. The standard InChI is InChI=1S/C39H36N2O7S/c1-38-13-12-24-23-6-3-20(42)15-26(23)32(18-25(24)28(38)10-11-35(38)45)41-37(49)40-19-2-7-29-27(14-19)36(46)48-39(29)30-8-4-21(43)16-33(30)47-34-17-22(44)5-9-31(34)39/h2-9,14-17,24-25,28,32,35,42-45H,10-13,18H2,1H3,(H2,40,41,49)/t24-,25-,28+,32+,35+,38+/m1/s1. The van der Waals surface area contributed by atoms with Crippen LogP contribution < -0.4 is 15.4 Å². The van der Waals surface area contributed by atoms with Crippen molar-refractivity contribution in [1.29, 1.82) is 0 Å². The van der Waals surface area contributed by atoms with Crippen molar-refractivity contribution in [2.45, 2.75) is 62.7 Å². The largest absolute Gasteiger partial charge is 0.508 e. The first-order chi connectivity index (χ1) is 23.5. The van der Waals surface area contributed by atoms with E-state index in [9.17, 15) is 25.2 Å². The minimum atomic E-state index is -1.35. The van der Waals surface area contributed by atoms with Crippen molar-refractivity contribution in [3.8, 4) is 28.7 Å². The molecular weight excluding hydrogens is 641 g/mol. The SMILES string of the molecule is C[C@]12CC[C@@H]3c4ccc(O)cc4[C@@H](NC(=S)Nc4ccc5c(c4)C(=O)OC54c5ccc(O)cc5Oc5cc(O)ccc54)C[C@H]3[C@@H]1CC[C@@H]2O. The summed E-state index contributed by atoms with van der Waals surface area (Å²) < 4.78 is 12.3. The Kier molecular flexibility index (Phi) is 6.55. The molecule has 49 heavy (non-hydrogen) atoms. The van der Waals surface area contributed by atoms with Crippen LogP contribution in [0.1, 0.15) is 89.2 Å². The third kappa shape index (κ3) is 4.39. The van der Waals surface area contributed by atoms with Gasteiger partial charge in [0.05, 0.1) is 17.7 Å². The lowest BCUT2D eigenvalue weighted by Gasteiger charge is -2.51. The zero-order valence-corrected chi connectivity index (χ0v) is 27.6. The van der Waals surface area contributed by atoms with Gasteiger partial charge in [-0.1, -0.05) is 19.1 Å². The molecule has 9 rings (SSSR count). The van der Waals surface area contributed by atoms with Crippen LogP contribution in [0.4, 0.5) is 5.69 Å². The molecule has 10 heteroatoms. The van der Waals surface area contributed by atoms with Gasteiger partial charge in [-0.25, -0.2) is 4.79 Å². The Morgan fingerprint density at radius 1 is 0.837 bits per heavy atom. The second kappa shape index (κ2) is 10.6. The summed E-state index contributed by atoms with van der Waals surface area (Å²) >= 11 is 5.86. The molecule has 6 N–H and O–H groups in total. The van der Waals surface area contributed by atoms with Gasteiger partial charge in [-0.3, -0.25) is 0 Å². The molecule has 4 aromatic carbocycles. The summed E-state index contributed by atoms with van der Waals surface area (Å²) in [5.74, 6) is 1.48. The zero-order chi connectivity index (χ0) is 33.8. The minimum Gasteiger partial charge on any atom is -0.508 e. The summed E-state index contributed by atoms with van der Waals surface area (Å²) in [5, 5.41) is 49.0. The summed E-state index contributed by atoms with van der Waals surface area (Å²) in [5.41, 5.74) is 3.52. The van der Waals surface area contributed by atoms with E-state index in [1.54, 1.807) is 24.3 Å². The van der Waals surface area contributed by atoms with Gasteiger partial charge in [0, 0.05) is 34.5 Å². The lowest BCUT2D eigenvalue weighted by Crippen LogP contribution is -2.46. The normalized spacial score (nSPS) is 28.1. The number of esters is 1. The van der Waals surface area contributed by atoms with Crippen molar-refractivity contribution in [2.24, 2.45) is 17.3 Å². The average Bonchev–Trinajstić information content (AvgIpc) is 3.53. The molecule has 3 aliphatic carbocycles. The van der Waals surface area contributed by atoms with E-state index in [-0.39, 0.29) is 34.8 Å². The second-order valence-electron chi connectivity index (χ2n) is 14.5. The summed E-state index contributed by atoms with van der Waals surface area (Å²) in [7, 11) is 0. The number of aliphatic hydroxyl groups excluding tert-OH is 1. The number of ether oxygens (including phenoxy) is 2. The molecule has 2 aliphatic heterocycles. The minimum absolute atomic E-state index is 0.00716. The first kappa shape index (κ1) is 30.3. The van der Waals surface area contributed by atoms with Crippen molar-refractivity contribution < 1.29 is 34.7 Å². The maximum absolute atomic E-state index is 13.6. The third-order valence-corrected chi connectivity index (χ3v) is 12.3. The Hall–Kier alpha value is -4.80. The molecular formula is C39H36N2O7S. The van der Waals surface area contributed by atoms with E-state index in [2.05, 4.69) is 23.6 Å². The van der Waals surface area contributed by atoms with Crippen molar-refractivity contribution in [2.75, 3.05) is 5.32 Å². The van der Waals surface area contributed by atoms with E-state index in [1.165, 1.54) is 29.8 Å². The topological polar surface area (TPSA) is 141 Å². The Morgan fingerprint density at radius 2 is 1.51 bits per heavy atom. The molecule has 6 atom stereocenters. The highest BCUT2D eigenvalue weighted by Crippen LogP contribution is 2.62. The van der Waals surface area contributed by atoms with Crippen molar-refractivity contribution in [3.63, 3.8) is 0 Å². The molecule has 0 unspecified atom stereocenters. The van der Waals surface area contributed by atoms with Crippen LogP contribution in [0.3, 0.4) is 0 Å². The van der Waals surface area contributed by atoms with Crippen molar-refractivity contribution >= 4 is 29.0 Å². The predicted molar refractivity (Wildman–Crippen MR) is 185 cm³/mol. The number of hydrogen-bond acceptors (Lipinski definition) is 8. The summed E-state index contributed by atoms with van der Waals surface area (Å²) in [6, 6.07) is 20.2. The molecule has 0 radical (unpaired) electrons. The number of aliphatic hydroxyl groups is 1. The highest BCUT2D eigenvalue weighted by atomic mass is 32.1. The maximum atomic E-state index is 13.6. The number of carbonyl (C=O) groups excluding carboxylic acids is 1. The van der Waals surface area contributed by atoms with Gasteiger partial charge in [0.15, 0.2) is 10.7 Å². The maximum Gasteiger partial charge on any atom is 0.340 e. The Morgan fingerprint density at radius 3 is 2.24 bits per heavy atom. The molecule has 0 amide bonds. The summed E-state index contributed by atoms with van der Waals surface area (Å²) in [6.07, 6.45) is 4.41. The first-order valence-electron chi connectivity index (χ1n) is 16.9. The molecule has 2 saturated carbocycles. The van der Waals surface area contributed by atoms with Crippen molar-refractivity contribution in [3.05, 3.63) is 106 Å². The van der Waals surface area contributed by atoms with E-state index in [4.69, 9.17) is 21.7 Å². The number of phenols is 3. The molecule has 250 valence electrons. The van der Waals surface area contributed by atoms with E-state index in [1.807, 2.05) is 18.2 Å². The molecule has 2 heterocycles. The fourth-order valence-corrected chi connectivity index (χ4v) is 10.1. The number of fused-ring (bicyclic) bond motifs is 11. The van der Waals surface area contributed by atoms with Crippen LogP contribution in [0.5, 0.6) is 28.7 Å². The van der Waals surface area contributed by atoms with Gasteiger partial charge in [-0.2, -0.15) is 0 Å². The monoisotopic (exact) mass is 676 g/mol. The van der Waals surface area contributed by atoms with Crippen LogP contribution in [0.15, 0.2) is 72.8 Å². The second-order valence-corrected chi connectivity index (χ2v) is 14.9. The van der Waals surface area contributed by atoms with Crippen LogP contribution in [0, 0.1) is 17.3 Å². The Labute approximate surface area is 288 Å². The van der Waals surface area contributed by atoms with E-state index in [0.29, 0.717) is 62.3 Å². The van der Waals surface area contributed by atoms with Crippen LogP contribution in [-0.2, 0) is 10.3 Å². The third-order valence-electron chi connectivity index (χ3n) is 12.1. The van der Waals surface area contributed by atoms with Gasteiger partial charge in [0.1, 0.15) is 28.7 Å². The lowest BCUT2D eigenvalue weighted by atomic mass is 9.54. The molecule has 5 aliphatic rings. The lowest BCUT2D eigenvalue weighted by molar-refractivity contribution is -0.0254. The molecule has 2 fully saturated rings. The number of anilines is 1. The number of benzene rings is 4. The van der Waals surface area contributed by atoms with Gasteiger partial charge >= 0.3 is 5.97 Å². The highest BCUT2D eigenvalue weighted by Gasteiger charge is 2.56. The number of nitrogens with one attached hydrogen (secondary N) is 2. The highest BCUT2D eigenvalue weighted by molar-refractivity contribution is 7.80. The molecule has 4 aromatic rings. The fraction of sp³-hybridized carbons (Fsp3) is 0.333. The first-order valence-corrected chi connectivity index (χ1v) is 17.3. The number of rotatable bonds is 2. The molecule has 0 saturated heterocycles. The van der Waals surface area contributed by atoms with E-state index in [0.717, 1.165) is 37.7 Å². The molecule has 1 spiro atoms. The van der Waals surface area contributed by atoms with Gasteiger partial charge < -0.3 is 40.5 Å². The quantitative estimate of drug-likeness (QED) is 0.0965. The summed E-state index contributed by atoms with van der Waals surface area (Å²) in [6.45, 7) is 2.25. The number of thiocarbonyl (C=S) groups is 1. The number of carbonyl (C=O) groups is 1. The van der Waals surface area contributed by atoms with Gasteiger partial charge in [0.2, 0.25) is 0 Å². The fourth-order valence-electron chi connectivity index (χ4n) is 9.82. The molecule has 0 aromatic heterocycles. The number of phenolic OH excluding ortho intramolecular Hbond substituents is 3.